The summed E-state index contributed by atoms with van der Waals surface area (Å²) in [5, 5.41) is 3.23. The maximum atomic E-state index is 12.7. The number of nitrogens with zero attached hydrogens (tertiary/aromatic N) is 2. The number of rotatable bonds is 1. The van der Waals surface area contributed by atoms with Crippen LogP contribution in [0.4, 0.5) is 4.79 Å². The molecule has 0 saturated carbocycles. The van der Waals surface area contributed by atoms with E-state index in [-0.39, 0.29) is 6.03 Å². The van der Waals surface area contributed by atoms with Gasteiger partial charge in [0, 0.05) is 35.8 Å². The van der Waals surface area contributed by atoms with Gasteiger partial charge in [0.25, 0.3) is 0 Å². The van der Waals surface area contributed by atoms with Crippen LogP contribution in [0.25, 0.3) is 6.08 Å². The van der Waals surface area contributed by atoms with Gasteiger partial charge in [-0.05, 0) is 48.7 Å². The van der Waals surface area contributed by atoms with Crippen molar-refractivity contribution in [2.75, 3.05) is 19.6 Å². The van der Waals surface area contributed by atoms with Crippen LogP contribution in [0.3, 0.4) is 0 Å². The van der Waals surface area contributed by atoms with E-state index >= 15 is 0 Å². The minimum atomic E-state index is 0.0127. The van der Waals surface area contributed by atoms with E-state index in [9.17, 15) is 4.79 Å². The molecule has 3 atom stereocenters. The van der Waals surface area contributed by atoms with Crippen molar-refractivity contribution in [2.24, 2.45) is 5.92 Å². The van der Waals surface area contributed by atoms with Crippen LogP contribution < -0.4 is 5.32 Å². The third-order valence-electron chi connectivity index (χ3n) is 5.59. The number of hydrogen-bond acceptors (Lipinski definition) is 3. The van der Waals surface area contributed by atoms with Crippen LogP contribution >= 0.6 is 11.3 Å². The van der Waals surface area contributed by atoms with Gasteiger partial charge < -0.3 is 10.2 Å². The molecule has 3 aliphatic rings. The molecular weight excluding hydrogens is 354 g/mol. The lowest BCUT2D eigenvalue weighted by atomic mass is 10.0. The molecule has 3 unspecified atom stereocenters. The first-order valence-corrected chi connectivity index (χ1v) is 10.2. The summed E-state index contributed by atoms with van der Waals surface area (Å²) in [6, 6.07) is 12.4. The van der Waals surface area contributed by atoms with Gasteiger partial charge in [0.1, 0.15) is 0 Å². The van der Waals surface area contributed by atoms with Crippen molar-refractivity contribution < 1.29 is 4.79 Å². The fourth-order valence-corrected chi connectivity index (χ4v) is 5.07. The number of urea groups is 1. The summed E-state index contributed by atoms with van der Waals surface area (Å²) in [5.74, 6) is 7.08. The van der Waals surface area contributed by atoms with Crippen LogP contribution in [0.5, 0.6) is 0 Å². The lowest BCUT2D eigenvalue weighted by Gasteiger charge is -2.28. The molecule has 1 aromatic carbocycles. The molecule has 5 heteroatoms. The second-order valence-corrected chi connectivity index (χ2v) is 8.51. The van der Waals surface area contributed by atoms with Gasteiger partial charge in [-0.25, -0.2) is 4.79 Å². The van der Waals surface area contributed by atoms with Gasteiger partial charge in [0.05, 0.1) is 11.4 Å². The number of hydrogen-bond donors (Lipinski definition) is 1. The Morgan fingerprint density at radius 1 is 1.19 bits per heavy atom. The molecule has 2 amide bonds. The number of carbonyl (C=O) groups is 1. The zero-order valence-electron chi connectivity index (χ0n) is 15.0. The third-order valence-corrected chi connectivity index (χ3v) is 6.65. The minimum absolute atomic E-state index is 0.0127. The highest BCUT2D eigenvalue weighted by Gasteiger charge is 2.39. The van der Waals surface area contributed by atoms with E-state index in [0.29, 0.717) is 18.5 Å². The van der Waals surface area contributed by atoms with E-state index in [1.54, 1.807) is 16.2 Å². The number of benzene rings is 1. The predicted molar refractivity (Wildman–Crippen MR) is 108 cm³/mol. The van der Waals surface area contributed by atoms with E-state index in [0.717, 1.165) is 23.5 Å². The monoisotopic (exact) mass is 375 g/mol. The Morgan fingerprint density at radius 3 is 2.85 bits per heavy atom. The summed E-state index contributed by atoms with van der Waals surface area (Å²) < 4.78 is 0. The number of fused-ring (bicyclic) bond motifs is 3. The van der Waals surface area contributed by atoms with Crippen LogP contribution in [0, 0.1) is 17.8 Å². The van der Waals surface area contributed by atoms with Crippen LogP contribution in [0.1, 0.15) is 27.3 Å². The Kier molecular flexibility index (Phi) is 4.23. The Morgan fingerprint density at radius 2 is 2.07 bits per heavy atom. The van der Waals surface area contributed by atoms with E-state index in [2.05, 4.69) is 28.1 Å². The first kappa shape index (κ1) is 16.6. The standard InChI is InChI=1S/C22H21N3OS/c26-22(23-20-15-24-10-8-17(20)13-24)25-11-9-21-18(14-25)12-19(27-21)7-6-16-4-2-1-3-5-16/h1-5,9,11-12,17,20H,8,10,13-15H2,(H,23,26). The molecule has 0 radical (unpaired) electrons. The average Bonchev–Trinajstić information content (AvgIpc) is 3.41. The number of nitrogens with one attached hydrogen (secondary N) is 1. The Hall–Kier alpha value is -2.55. The summed E-state index contributed by atoms with van der Waals surface area (Å²) in [6.07, 6.45) is 5.13. The second kappa shape index (κ2) is 6.88. The normalized spacial score (nSPS) is 25.0. The van der Waals surface area contributed by atoms with E-state index in [1.165, 1.54) is 23.4 Å². The lowest BCUT2D eigenvalue weighted by molar-refractivity contribution is 0.203. The van der Waals surface area contributed by atoms with Crippen molar-refractivity contribution in [2.45, 2.75) is 19.0 Å². The Balaban J connectivity index is 1.25. The quantitative estimate of drug-likeness (QED) is 0.776. The zero-order valence-corrected chi connectivity index (χ0v) is 15.8. The molecule has 0 aliphatic carbocycles. The number of amides is 2. The molecule has 4 heterocycles. The van der Waals surface area contributed by atoms with Gasteiger partial charge in [-0.2, -0.15) is 0 Å². The molecule has 2 saturated heterocycles. The van der Waals surface area contributed by atoms with Crippen LogP contribution in [0.15, 0.2) is 42.6 Å². The van der Waals surface area contributed by atoms with Crippen molar-refractivity contribution >= 4 is 23.4 Å². The maximum Gasteiger partial charge on any atom is 0.321 e. The van der Waals surface area contributed by atoms with Crippen molar-refractivity contribution in [1.82, 2.24) is 15.1 Å². The molecule has 2 aromatic rings. The van der Waals surface area contributed by atoms with Crippen LogP contribution in [-0.2, 0) is 6.54 Å². The number of carbonyl (C=O) groups excluding carboxylic acids is 1. The van der Waals surface area contributed by atoms with Crippen molar-refractivity contribution in [3.63, 3.8) is 0 Å². The van der Waals surface area contributed by atoms with Gasteiger partial charge in [-0.15, -0.1) is 11.3 Å². The second-order valence-electron chi connectivity index (χ2n) is 7.42. The van der Waals surface area contributed by atoms with Gasteiger partial charge in [-0.3, -0.25) is 4.90 Å². The van der Waals surface area contributed by atoms with E-state index in [1.807, 2.05) is 42.6 Å². The minimum Gasteiger partial charge on any atom is -0.333 e. The molecule has 5 rings (SSSR count). The topological polar surface area (TPSA) is 35.6 Å². The Labute approximate surface area is 163 Å². The largest absolute Gasteiger partial charge is 0.333 e. The molecule has 1 N–H and O–H groups in total. The Bertz CT molecular complexity index is 953. The summed E-state index contributed by atoms with van der Waals surface area (Å²) in [4.78, 5) is 19.1. The molecule has 0 spiro atoms. The fraction of sp³-hybridized carbons (Fsp3) is 0.318. The summed E-state index contributed by atoms with van der Waals surface area (Å²) in [5.41, 5.74) is 2.19. The molecule has 1 aromatic heterocycles. The zero-order chi connectivity index (χ0) is 18.2. The molecular formula is C22H21N3OS. The third kappa shape index (κ3) is 3.39. The molecule has 27 heavy (non-hydrogen) atoms. The number of thiophene rings is 1. The first-order valence-electron chi connectivity index (χ1n) is 9.42. The average molecular weight is 375 g/mol. The fourth-order valence-electron chi connectivity index (χ4n) is 4.15. The lowest BCUT2D eigenvalue weighted by Crippen LogP contribution is -2.47. The highest BCUT2D eigenvalue weighted by Crippen LogP contribution is 2.30. The van der Waals surface area contributed by atoms with E-state index in [4.69, 9.17) is 0 Å². The summed E-state index contributed by atoms with van der Waals surface area (Å²) in [6.45, 7) is 3.93. The van der Waals surface area contributed by atoms with Crippen LogP contribution in [0.2, 0.25) is 0 Å². The van der Waals surface area contributed by atoms with Crippen molar-refractivity contribution in [3.05, 3.63) is 63.5 Å². The maximum absolute atomic E-state index is 12.7. The SMILES string of the molecule is O=C(NC1CN2CCC1C2)N1C=Cc2sc(C#Cc3ccccc3)cc2C1. The predicted octanol–water partition coefficient (Wildman–Crippen LogP) is 3.35. The summed E-state index contributed by atoms with van der Waals surface area (Å²) in [7, 11) is 0. The van der Waals surface area contributed by atoms with Crippen LogP contribution in [-0.4, -0.2) is 41.5 Å². The molecule has 3 aliphatic heterocycles. The molecule has 2 fully saturated rings. The highest BCUT2D eigenvalue weighted by molar-refractivity contribution is 7.13. The summed E-state index contributed by atoms with van der Waals surface area (Å²) >= 11 is 1.69. The molecule has 4 nitrogen and oxygen atoms in total. The van der Waals surface area contributed by atoms with E-state index < -0.39 is 0 Å². The number of piperidine rings is 1. The van der Waals surface area contributed by atoms with Crippen molar-refractivity contribution in [3.8, 4) is 11.8 Å². The van der Waals surface area contributed by atoms with Gasteiger partial charge >= 0.3 is 6.03 Å². The van der Waals surface area contributed by atoms with Gasteiger partial charge in [0.15, 0.2) is 0 Å². The first-order chi connectivity index (χ1) is 13.2. The van der Waals surface area contributed by atoms with Gasteiger partial charge in [0.2, 0.25) is 0 Å². The molecule has 136 valence electrons. The van der Waals surface area contributed by atoms with Gasteiger partial charge in [-0.1, -0.05) is 30.0 Å². The highest BCUT2D eigenvalue weighted by atomic mass is 32.1. The molecule has 2 bridgehead atoms. The van der Waals surface area contributed by atoms with Crippen molar-refractivity contribution in [1.29, 1.82) is 0 Å². The smallest absolute Gasteiger partial charge is 0.321 e.